The van der Waals surface area contributed by atoms with Crippen LogP contribution in [0.5, 0.6) is 0 Å². The number of hydrogen-bond donors (Lipinski definition) is 0. The fraction of sp³-hybridized carbons (Fsp3) is 0.667. The van der Waals surface area contributed by atoms with Gasteiger partial charge in [-0.2, -0.15) is 0 Å². The van der Waals surface area contributed by atoms with E-state index in [1.54, 1.807) is 0 Å². The lowest BCUT2D eigenvalue weighted by Crippen LogP contribution is -2.43. The molecule has 5 nitrogen and oxygen atoms in total. The molecule has 1 aliphatic heterocycles. The molecule has 0 aromatic carbocycles. The van der Waals surface area contributed by atoms with Gasteiger partial charge >= 0.3 is 5.97 Å². The summed E-state index contributed by atoms with van der Waals surface area (Å²) in [6.07, 6.45) is 3.71. The molecule has 2 heterocycles. The summed E-state index contributed by atoms with van der Waals surface area (Å²) in [6, 6.07) is 0. The van der Waals surface area contributed by atoms with Gasteiger partial charge in [-0.3, -0.25) is 9.59 Å². The van der Waals surface area contributed by atoms with Gasteiger partial charge in [0.15, 0.2) is 0 Å². The van der Waals surface area contributed by atoms with Crippen molar-refractivity contribution in [2.75, 3.05) is 13.1 Å². The topological polar surface area (TPSA) is 59.5 Å². The normalized spacial score (nSPS) is 22.1. The number of thiazole rings is 1. The van der Waals surface area contributed by atoms with E-state index in [1.807, 2.05) is 17.2 Å². The molecule has 114 valence electrons. The third-order valence-corrected chi connectivity index (χ3v) is 4.94. The SMILES string of the molecule is Cc1csc(COC(=O)[C@H]2CCCN(C(=O)C3CC3)C2)n1. The Balaban J connectivity index is 1.50. The Morgan fingerprint density at radius 2 is 2.19 bits per heavy atom. The van der Waals surface area contributed by atoms with Gasteiger partial charge in [-0.15, -0.1) is 11.3 Å². The summed E-state index contributed by atoms with van der Waals surface area (Å²) in [6.45, 7) is 3.46. The van der Waals surface area contributed by atoms with Gasteiger partial charge in [0.05, 0.1) is 5.92 Å². The molecule has 0 bridgehead atoms. The monoisotopic (exact) mass is 308 g/mol. The summed E-state index contributed by atoms with van der Waals surface area (Å²) in [5.41, 5.74) is 0.949. The maximum Gasteiger partial charge on any atom is 0.311 e. The number of carbonyl (C=O) groups excluding carboxylic acids is 2. The Morgan fingerprint density at radius 1 is 1.38 bits per heavy atom. The third kappa shape index (κ3) is 3.61. The summed E-state index contributed by atoms with van der Waals surface area (Å²) in [5, 5.41) is 2.77. The second-order valence-corrected chi connectivity index (χ2v) is 6.83. The second-order valence-electron chi connectivity index (χ2n) is 5.89. The van der Waals surface area contributed by atoms with E-state index in [0.717, 1.165) is 42.9 Å². The maximum absolute atomic E-state index is 12.1. The van der Waals surface area contributed by atoms with E-state index in [2.05, 4.69) is 4.98 Å². The lowest BCUT2D eigenvalue weighted by atomic mass is 9.98. The number of likely N-dealkylation sites (tertiary alicyclic amines) is 1. The predicted octanol–water partition coefficient (Wildman–Crippen LogP) is 2.14. The molecule has 1 atom stereocenters. The van der Waals surface area contributed by atoms with Gasteiger partial charge in [-0.25, -0.2) is 4.98 Å². The van der Waals surface area contributed by atoms with Gasteiger partial charge in [0.1, 0.15) is 11.6 Å². The molecule has 2 fully saturated rings. The van der Waals surface area contributed by atoms with E-state index in [-0.39, 0.29) is 30.3 Å². The van der Waals surface area contributed by atoms with Crippen molar-refractivity contribution in [2.24, 2.45) is 11.8 Å². The Labute approximate surface area is 128 Å². The number of esters is 1. The smallest absolute Gasteiger partial charge is 0.311 e. The minimum absolute atomic E-state index is 0.178. The van der Waals surface area contributed by atoms with Crippen LogP contribution in [0.1, 0.15) is 36.4 Å². The van der Waals surface area contributed by atoms with Crippen molar-refractivity contribution in [2.45, 2.75) is 39.2 Å². The van der Waals surface area contributed by atoms with Gasteiger partial charge < -0.3 is 9.64 Å². The van der Waals surface area contributed by atoms with Crippen molar-refractivity contribution in [1.29, 1.82) is 0 Å². The number of aryl methyl sites for hydroxylation is 1. The molecule has 1 amide bonds. The molecule has 0 unspecified atom stereocenters. The molecule has 1 aromatic heterocycles. The van der Waals surface area contributed by atoms with Crippen molar-refractivity contribution in [1.82, 2.24) is 9.88 Å². The maximum atomic E-state index is 12.1. The number of nitrogens with zero attached hydrogens (tertiary/aromatic N) is 2. The first-order valence-corrected chi connectivity index (χ1v) is 8.38. The molecule has 1 saturated heterocycles. The highest BCUT2D eigenvalue weighted by atomic mass is 32.1. The third-order valence-electron chi connectivity index (χ3n) is 4.00. The molecule has 6 heteroatoms. The zero-order valence-corrected chi connectivity index (χ0v) is 13.0. The molecule has 21 heavy (non-hydrogen) atoms. The number of piperidine rings is 1. The fourth-order valence-corrected chi connectivity index (χ4v) is 3.36. The van der Waals surface area contributed by atoms with Crippen molar-refractivity contribution in [3.8, 4) is 0 Å². The summed E-state index contributed by atoms with van der Waals surface area (Å²) in [7, 11) is 0. The van der Waals surface area contributed by atoms with Gasteiger partial charge in [-0.1, -0.05) is 0 Å². The lowest BCUT2D eigenvalue weighted by molar-refractivity contribution is -0.153. The molecule has 0 spiro atoms. The molecule has 0 N–H and O–H groups in total. The van der Waals surface area contributed by atoms with Crippen molar-refractivity contribution in [3.05, 3.63) is 16.1 Å². The first kappa shape index (κ1) is 14.5. The zero-order chi connectivity index (χ0) is 14.8. The number of aromatic nitrogens is 1. The number of hydrogen-bond acceptors (Lipinski definition) is 5. The van der Waals surface area contributed by atoms with Crippen LogP contribution in [0.25, 0.3) is 0 Å². The zero-order valence-electron chi connectivity index (χ0n) is 12.2. The van der Waals surface area contributed by atoms with Crippen LogP contribution in [0.3, 0.4) is 0 Å². The Morgan fingerprint density at radius 3 is 2.86 bits per heavy atom. The number of carbonyl (C=O) groups is 2. The van der Waals surface area contributed by atoms with Crippen LogP contribution in [-0.2, 0) is 20.9 Å². The van der Waals surface area contributed by atoms with Crippen LogP contribution in [0, 0.1) is 18.8 Å². The summed E-state index contributed by atoms with van der Waals surface area (Å²) in [5.74, 6) is 0.0692. The van der Waals surface area contributed by atoms with E-state index in [4.69, 9.17) is 4.74 Å². The van der Waals surface area contributed by atoms with Crippen LogP contribution in [0.15, 0.2) is 5.38 Å². The van der Waals surface area contributed by atoms with Gasteiger partial charge in [-0.05, 0) is 32.6 Å². The van der Waals surface area contributed by atoms with E-state index in [0.29, 0.717) is 6.54 Å². The van der Waals surface area contributed by atoms with Gasteiger partial charge in [0.25, 0.3) is 0 Å². The molecule has 1 aliphatic carbocycles. The number of ether oxygens (including phenoxy) is 1. The number of amides is 1. The molecule has 3 rings (SSSR count). The Bertz CT molecular complexity index is 539. The molecule has 1 saturated carbocycles. The predicted molar refractivity (Wildman–Crippen MR) is 78.7 cm³/mol. The lowest BCUT2D eigenvalue weighted by Gasteiger charge is -2.31. The molecular weight excluding hydrogens is 288 g/mol. The first-order chi connectivity index (χ1) is 10.1. The van der Waals surface area contributed by atoms with Crippen LogP contribution in [-0.4, -0.2) is 34.8 Å². The molecule has 2 aliphatic rings. The minimum Gasteiger partial charge on any atom is -0.458 e. The summed E-state index contributed by atoms with van der Waals surface area (Å²) >= 11 is 1.50. The second kappa shape index (κ2) is 6.13. The standard InChI is InChI=1S/C15H20N2O3S/c1-10-9-21-13(16-10)8-20-15(19)12-3-2-6-17(7-12)14(18)11-4-5-11/h9,11-12H,2-8H2,1H3/t12-/m0/s1. The highest BCUT2D eigenvalue weighted by molar-refractivity contribution is 7.09. The summed E-state index contributed by atoms with van der Waals surface area (Å²) in [4.78, 5) is 30.4. The highest BCUT2D eigenvalue weighted by Gasteiger charge is 2.37. The average Bonchev–Trinajstić information content (AvgIpc) is 3.27. The van der Waals surface area contributed by atoms with E-state index in [1.165, 1.54) is 11.3 Å². The first-order valence-electron chi connectivity index (χ1n) is 7.50. The van der Waals surface area contributed by atoms with Crippen molar-refractivity contribution in [3.63, 3.8) is 0 Å². The Hall–Kier alpha value is -1.43. The van der Waals surface area contributed by atoms with E-state index >= 15 is 0 Å². The van der Waals surface area contributed by atoms with Crippen LogP contribution < -0.4 is 0 Å². The fourth-order valence-electron chi connectivity index (χ4n) is 2.68. The molecular formula is C15H20N2O3S. The van der Waals surface area contributed by atoms with E-state index < -0.39 is 0 Å². The molecule has 0 radical (unpaired) electrons. The van der Waals surface area contributed by atoms with E-state index in [9.17, 15) is 9.59 Å². The number of rotatable bonds is 4. The van der Waals surface area contributed by atoms with Crippen LogP contribution in [0.2, 0.25) is 0 Å². The highest BCUT2D eigenvalue weighted by Crippen LogP contribution is 2.32. The van der Waals surface area contributed by atoms with Crippen LogP contribution >= 0.6 is 11.3 Å². The van der Waals surface area contributed by atoms with Gasteiger partial charge in [0.2, 0.25) is 5.91 Å². The van der Waals surface area contributed by atoms with Gasteiger partial charge in [0, 0.05) is 30.1 Å². The van der Waals surface area contributed by atoms with Crippen molar-refractivity contribution < 1.29 is 14.3 Å². The average molecular weight is 308 g/mol. The molecule has 1 aromatic rings. The van der Waals surface area contributed by atoms with Crippen molar-refractivity contribution >= 4 is 23.2 Å². The quantitative estimate of drug-likeness (QED) is 0.800. The minimum atomic E-state index is -0.198. The Kier molecular flexibility index (Phi) is 4.24. The summed E-state index contributed by atoms with van der Waals surface area (Å²) < 4.78 is 5.36. The van der Waals surface area contributed by atoms with Crippen LogP contribution in [0.4, 0.5) is 0 Å². The largest absolute Gasteiger partial charge is 0.458 e.